The number of ether oxygens (including phenoxy) is 1. The number of aromatic nitrogens is 1. The minimum Gasteiger partial charge on any atom is -0.469 e. The van der Waals surface area contributed by atoms with Crippen molar-refractivity contribution in [1.82, 2.24) is 9.88 Å². The number of carbonyl (C=O) groups excluding carboxylic acids is 2. The van der Waals surface area contributed by atoms with Crippen LogP contribution in [0.25, 0.3) is 0 Å². The summed E-state index contributed by atoms with van der Waals surface area (Å²) in [7, 11) is 1.34. The van der Waals surface area contributed by atoms with E-state index in [0.29, 0.717) is 6.54 Å². The number of hydrogen-bond acceptors (Lipinski definition) is 4. The number of esters is 1. The van der Waals surface area contributed by atoms with Gasteiger partial charge in [-0.1, -0.05) is 6.07 Å². The summed E-state index contributed by atoms with van der Waals surface area (Å²) in [6.07, 6.45) is 1.92. The molecule has 0 aromatic carbocycles. The van der Waals surface area contributed by atoms with Crippen molar-refractivity contribution < 1.29 is 14.3 Å². The highest BCUT2D eigenvalue weighted by Crippen LogP contribution is 2.27. The van der Waals surface area contributed by atoms with Crippen molar-refractivity contribution in [2.24, 2.45) is 5.92 Å². The molecule has 96 valence electrons. The van der Waals surface area contributed by atoms with Gasteiger partial charge in [-0.05, 0) is 19.1 Å². The first-order valence-electron chi connectivity index (χ1n) is 5.91. The highest BCUT2D eigenvalue weighted by atomic mass is 16.5. The molecule has 1 aliphatic heterocycles. The molecule has 2 heterocycles. The van der Waals surface area contributed by atoms with E-state index in [1.165, 1.54) is 7.11 Å². The third-order valence-electron chi connectivity index (χ3n) is 3.28. The summed E-state index contributed by atoms with van der Waals surface area (Å²) in [6, 6.07) is 5.48. The molecule has 5 heteroatoms. The molecule has 1 saturated heterocycles. The van der Waals surface area contributed by atoms with Crippen LogP contribution in [0.2, 0.25) is 0 Å². The number of rotatable bonds is 3. The Kier molecular flexibility index (Phi) is 3.60. The number of likely N-dealkylation sites (tertiary alicyclic amines) is 1. The van der Waals surface area contributed by atoms with Crippen molar-refractivity contribution in [1.29, 1.82) is 0 Å². The van der Waals surface area contributed by atoms with Crippen LogP contribution in [0.1, 0.15) is 25.1 Å². The molecule has 18 heavy (non-hydrogen) atoms. The molecule has 0 bridgehead atoms. The van der Waals surface area contributed by atoms with Gasteiger partial charge in [-0.3, -0.25) is 14.6 Å². The van der Waals surface area contributed by atoms with E-state index < -0.39 is 0 Å². The Balaban J connectivity index is 2.10. The van der Waals surface area contributed by atoms with Gasteiger partial charge >= 0.3 is 5.97 Å². The molecule has 1 aliphatic rings. The van der Waals surface area contributed by atoms with Gasteiger partial charge in [-0.2, -0.15) is 0 Å². The smallest absolute Gasteiger partial charge is 0.310 e. The zero-order chi connectivity index (χ0) is 13.1. The molecular weight excluding hydrogens is 232 g/mol. The van der Waals surface area contributed by atoms with Crippen molar-refractivity contribution in [3.63, 3.8) is 0 Å². The van der Waals surface area contributed by atoms with Crippen LogP contribution in [0.5, 0.6) is 0 Å². The van der Waals surface area contributed by atoms with Crippen LogP contribution in [-0.4, -0.2) is 35.4 Å². The summed E-state index contributed by atoms with van der Waals surface area (Å²) in [5.41, 5.74) is 0.830. The zero-order valence-electron chi connectivity index (χ0n) is 10.5. The molecule has 1 aromatic rings. The number of nitrogens with zero attached hydrogens (tertiary/aromatic N) is 2. The van der Waals surface area contributed by atoms with Crippen molar-refractivity contribution >= 4 is 11.9 Å². The second-order valence-electron chi connectivity index (χ2n) is 4.40. The maximum atomic E-state index is 11.9. The first-order chi connectivity index (χ1) is 8.63. The molecule has 5 nitrogen and oxygen atoms in total. The monoisotopic (exact) mass is 248 g/mol. The topological polar surface area (TPSA) is 59.5 Å². The fraction of sp³-hybridized carbons (Fsp3) is 0.462. The van der Waals surface area contributed by atoms with Gasteiger partial charge in [-0.25, -0.2) is 0 Å². The second-order valence-corrected chi connectivity index (χ2v) is 4.40. The normalized spacial score (nSPS) is 20.9. The van der Waals surface area contributed by atoms with Gasteiger partial charge in [0, 0.05) is 19.2 Å². The lowest BCUT2D eigenvalue weighted by atomic mass is 10.1. The Morgan fingerprint density at radius 1 is 1.56 bits per heavy atom. The van der Waals surface area contributed by atoms with Gasteiger partial charge in [-0.15, -0.1) is 0 Å². The second kappa shape index (κ2) is 5.16. The highest BCUT2D eigenvalue weighted by Gasteiger charge is 2.37. The summed E-state index contributed by atoms with van der Waals surface area (Å²) in [4.78, 5) is 29.3. The number of pyridine rings is 1. The highest BCUT2D eigenvalue weighted by molar-refractivity contribution is 5.87. The third-order valence-corrected chi connectivity index (χ3v) is 3.28. The predicted molar refractivity (Wildman–Crippen MR) is 64.5 cm³/mol. The standard InChI is InChI=1S/C13H16N2O3/c1-9(11-5-3-4-6-14-11)15-8-10(7-12(15)16)13(17)18-2/h3-6,9-10H,7-8H2,1-2H3/t9-,10?/m0/s1. The van der Waals surface area contributed by atoms with Gasteiger partial charge in [0.25, 0.3) is 0 Å². The Morgan fingerprint density at radius 2 is 2.33 bits per heavy atom. The summed E-state index contributed by atoms with van der Waals surface area (Å²) in [5.74, 6) is -0.698. The fourth-order valence-corrected chi connectivity index (χ4v) is 2.21. The molecule has 1 amide bonds. The maximum absolute atomic E-state index is 11.9. The average molecular weight is 248 g/mol. The van der Waals surface area contributed by atoms with E-state index in [-0.39, 0.29) is 30.3 Å². The zero-order valence-corrected chi connectivity index (χ0v) is 10.5. The third kappa shape index (κ3) is 2.34. The Bertz CT molecular complexity index is 447. The minimum atomic E-state index is -0.353. The summed E-state index contributed by atoms with van der Waals surface area (Å²) in [6.45, 7) is 2.32. The lowest BCUT2D eigenvalue weighted by Gasteiger charge is -2.24. The van der Waals surface area contributed by atoms with Crippen LogP contribution < -0.4 is 0 Å². The molecule has 0 saturated carbocycles. The summed E-state index contributed by atoms with van der Waals surface area (Å²) >= 11 is 0. The lowest BCUT2D eigenvalue weighted by molar-refractivity contribution is -0.145. The molecule has 0 spiro atoms. The van der Waals surface area contributed by atoms with Crippen LogP contribution in [0, 0.1) is 5.92 Å². The Morgan fingerprint density at radius 3 is 2.94 bits per heavy atom. The number of carbonyl (C=O) groups is 2. The van der Waals surface area contributed by atoms with Crippen LogP contribution >= 0.6 is 0 Å². The lowest BCUT2D eigenvalue weighted by Crippen LogP contribution is -2.30. The van der Waals surface area contributed by atoms with E-state index in [2.05, 4.69) is 9.72 Å². The molecule has 1 aromatic heterocycles. The van der Waals surface area contributed by atoms with Crippen LogP contribution in [-0.2, 0) is 14.3 Å². The van der Waals surface area contributed by atoms with Gasteiger partial charge < -0.3 is 9.64 Å². The largest absolute Gasteiger partial charge is 0.469 e. The number of methoxy groups -OCH3 is 1. The molecule has 0 aliphatic carbocycles. The molecule has 0 radical (unpaired) electrons. The fourth-order valence-electron chi connectivity index (χ4n) is 2.21. The van der Waals surface area contributed by atoms with Crippen molar-refractivity contribution in [3.8, 4) is 0 Å². The van der Waals surface area contributed by atoms with E-state index in [1.54, 1.807) is 11.1 Å². The molecule has 2 rings (SSSR count). The van der Waals surface area contributed by atoms with Gasteiger partial charge in [0.05, 0.1) is 24.8 Å². The predicted octanol–water partition coefficient (Wildman–Crippen LogP) is 1.16. The Hall–Kier alpha value is -1.91. The average Bonchev–Trinajstić information content (AvgIpc) is 2.80. The number of hydrogen-bond donors (Lipinski definition) is 0. The SMILES string of the molecule is COC(=O)C1CC(=O)N([C@@H](C)c2ccccn2)C1. The maximum Gasteiger partial charge on any atom is 0.310 e. The van der Waals surface area contributed by atoms with Gasteiger partial charge in [0.2, 0.25) is 5.91 Å². The van der Waals surface area contributed by atoms with Gasteiger partial charge in [0.1, 0.15) is 0 Å². The minimum absolute atomic E-state index is 0.0245. The van der Waals surface area contributed by atoms with Crippen LogP contribution in [0.3, 0.4) is 0 Å². The van der Waals surface area contributed by atoms with Gasteiger partial charge in [0.15, 0.2) is 0 Å². The van der Waals surface area contributed by atoms with Crippen molar-refractivity contribution in [2.45, 2.75) is 19.4 Å². The van der Waals surface area contributed by atoms with E-state index in [9.17, 15) is 9.59 Å². The van der Waals surface area contributed by atoms with Crippen LogP contribution in [0.15, 0.2) is 24.4 Å². The van der Waals surface area contributed by atoms with Crippen molar-refractivity contribution in [2.75, 3.05) is 13.7 Å². The van der Waals surface area contributed by atoms with Crippen molar-refractivity contribution in [3.05, 3.63) is 30.1 Å². The molecule has 2 atom stereocenters. The number of amides is 1. The Labute approximate surface area is 106 Å². The first kappa shape index (κ1) is 12.5. The van der Waals surface area contributed by atoms with E-state index in [1.807, 2.05) is 25.1 Å². The quantitative estimate of drug-likeness (QED) is 0.753. The summed E-state index contributed by atoms with van der Waals surface area (Å²) < 4.78 is 4.68. The van der Waals surface area contributed by atoms with E-state index in [4.69, 9.17) is 0 Å². The first-order valence-corrected chi connectivity index (χ1v) is 5.91. The van der Waals surface area contributed by atoms with Crippen LogP contribution in [0.4, 0.5) is 0 Å². The molecule has 0 N–H and O–H groups in total. The van der Waals surface area contributed by atoms with E-state index in [0.717, 1.165) is 5.69 Å². The van der Waals surface area contributed by atoms with E-state index >= 15 is 0 Å². The molecule has 1 fully saturated rings. The molecule has 1 unspecified atom stereocenters. The molecular formula is C13H16N2O3. The summed E-state index contributed by atoms with van der Waals surface area (Å²) in [5, 5.41) is 0.